The molecule has 2 aromatic rings. The average molecular weight is 298 g/mol. The Morgan fingerprint density at radius 3 is 2.14 bits per heavy atom. The van der Waals surface area contributed by atoms with Crippen molar-refractivity contribution in [3.63, 3.8) is 0 Å². The molecule has 0 spiro atoms. The lowest BCUT2D eigenvalue weighted by Crippen LogP contribution is -2.31. The van der Waals surface area contributed by atoms with E-state index in [9.17, 15) is 17.6 Å². The van der Waals surface area contributed by atoms with Gasteiger partial charge in [0.05, 0.1) is 5.56 Å². The van der Waals surface area contributed by atoms with Gasteiger partial charge in [-0.15, -0.1) is 0 Å². The summed E-state index contributed by atoms with van der Waals surface area (Å²) in [5, 5.41) is 8.90. The molecule has 0 atom stereocenters. The van der Waals surface area contributed by atoms with Crippen LogP contribution in [0.2, 0.25) is 0 Å². The number of hydrogen-bond donors (Lipinski definition) is 1. The number of aryl methyl sites for hydroxylation is 2. The van der Waals surface area contributed by atoms with E-state index in [1.54, 1.807) is 23.9 Å². The fourth-order valence-electron chi connectivity index (χ4n) is 1.82. The number of aromatic hydroxyl groups is 1. The molecule has 0 amide bonds. The van der Waals surface area contributed by atoms with E-state index in [0.717, 1.165) is 11.6 Å². The Kier molecular flexibility index (Phi) is 3.97. The van der Waals surface area contributed by atoms with Gasteiger partial charge in [0, 0.05) is 18.2 Å². The third-order valence-corrected chi connectivity index (χ3v) is 3.04. The Hall–Kier alpha value is -2.37. The fourth-order valence-corrected chi connectivity index (χ4v) is 1.82. The maximum absolute atomic E-state index is 13.6. The van der Waals surface area contributed by atoms with Crippen LogP contribution in [0, 0.1) is 30.2 Å². The van der Waals surface area contributed by atoms with Crippen LogP contribution in [0.25, 0.3) is 12.2 Å². The lowest BCUT2D eigenvalue weighted by atomic mass is 10.1. The van der Waals surface area contributed by atoms with Crippen LogP contribution < -0.4 is 4.57 Å². The first kappa shape index (κ1) is 15.0. The highest BCUT2D eigenvalue weighted by molar-refractivity contribution is 5.68. The van der Waals surface area contributed by atoms with Crippen LogP contribution in [0.15, 0.2) is 18.3 Å². The molecular weight excluding hydrogens is 286 g/mol. The topological polar surface area (TPSA) is 24.1 Å². The van der Waals surface area contributed by atoms with Crippen LogP contribution in [-0.4, -0.2) is 5.11 Å². The smallest absolute Gasteiger partial charge is 0.205 e. The van der Waals surface area contributed by atoms with Crippen molar-refractivity contribution in [3.8, 4) is 5.75 Å². The van der Waals surface area contributed by atoms with E-state index in [2.05, 4.69) is 0 Å². The van der Waals surface area contributed by atoms with Gasteiger partial charge in [-0.1, -0.05) is 0 Å². The molecule has 2 nitrogen and oxygen atoms in total. The highest BCUT2D eigenvalue weighted by Crippen LogP contribution is 2.29. The number of phenols is 1. The van der Waals surface area contributed by atoms with Crippen molar-refractivity contribution in [2.75, 3.05) is 0 Å². The molecule has 0 bridgehead atoms. The van der Waals surface area contributed by atoms with Gasteiger partial charge in [-0.25, -0.2) is 13.3 Å². The summed E-state index contributed by atoms with van der Waals surface area (Å²) >= 11 is 0. The second kappa shape index (κ2) is 5.55. The second-order valence-electron chi connectivity index (χ2n) is 4.59. The van der Waals surface area contributed by atoms with Gasteiger partial charge in [-0.2, -0.15) is 8.78 Å². The van der Waals surface area contributed by atoms with E-state index in [-0.39, 0.29) is 0 Å². The first-order valence-corrected chi connectivity index (χ1v) is 6.02. The molecule has 1 heterocycles. The number of halogens is 4. The summed E-state index contributed by atoms with van der Waals surface area (Å²) in [5.74, 6) is -8.58. The van der Waals surface area contributed by atoms with Crippen LogP contribution in [0.1, 0.15) is 16.8 Å². The molecule has 0 aliphatic heterocycles. The van der Waals surface area contributed by atoms with Gasteiger partial charge in [0.25, 0.3) is 0 Å². The van der Waals surface area contributed by atoms with E-state index >= 15 is 0 Å². The Labute approximate surface area is 118 Å². The molecule has 1 aromatic carbocycles. The van der Waals surface area contributed by atoms with Crippen molar-refractivity contribution in [1.29, 1.82) is 0 Å². The van der Waals surface area contributed by atoms with Gasteiger partial charge < -0.3 is 5.11 Å². The maximum atomic E-state index is 13.6. The zero-order valence-electron chi connectivity index (χ0n) is 11.3. The minimum atomic E-state index is -1.82. The molecule has 110 valence electrons. The summed E-state index contributed by atoms with van der Waals surface area (Å²) < 4.78 is 55.3. The van der Waals surface area contributed by atoms with Crippen molar-refractivity contribution in [2.24, 2.45) is 7.05 Å². The quantitative estimate of drug-likeness (QED) is 0.513. The highest BCUT2D eigenvalue weighted by atomic mass is 19.2. The molecular formula is C15H12F4NO+. The van der Waals surface area contributed by atoms with Crippen LogP contribution in [0.4, 0.5) is 17.6 Å². The molecule has 2 rings (SSSR count). The van der Waals surface area contributed by atoms with Crippen LogP contribution in [-0.2, 0) is 7.05 Å². The number of nitrogens with zero attached hydrogens (tertiary/aromatic N) is 1. The van der Waals surface area contributed by atoms with Crippen LogP contribution >= 0.6 is 0 Å². The van der Waals surface area contributed by atoms with Crippen molar-refractivity contribution < 1.29 is 27.2 Å². The monoisotopic (exact) mass is 298 g/mol. The largest absolute Gasteiger partial charge is 0.503 e. The molecule has 0 aliphatic rings. The molecule has 1 N–H and O–H groups in total. The third-order valence-electron chi connectivity index (χ3n) is 3.04. The van der Waals surface area contributed by atoms with Crippen molar-refractivity contribution in [2.45, 2.75) is 6.92 Å². The predicted molar refractivity (Wildman–Crippen MR) is 69.2 cm³/mol. The van der Waals surface area contributed by atoms with Crippen molar-refractivity contribution in [1.82, 2.24) is 0 Å². The summed E-state index contributed by atoms with van der Waals surface area (Å²) in [4.78, 5) is 0. The summed E-state index contributed by atoms with van der Waals surface area (Å²) in [6, 6.07) is 3.57. The summed E-state index contributed by atoms with van der Waals surface area (Å²) in [7, 11) is 1.71. The molecule has 0 saturated carbocycles. The van der Waals surface area contributed by atoms with E-state index in [1.807, 2.05) is 13.0 Å². The predicted octanol–water partition coefficient (Wildman–Crippen LogP) is 3.25. The fraction of sp³-hybridized carbons (Fsp3) is 0.133. The summed E-state index contributed by atoms with van der Waals surface area (Å²) in [6.45, 7) is 1.83. The van der Waals surface area contributed by atoms with E-state index < -0.39 is 34.6 Å². The zero-order valence-corrected chi connectivity index (χ0v) is 11.3. The maximum Gasteiger partial charge on any atom is 0.205 e. The van der Waals surface area contributed by atoms with Gasteiger partial charge in [0.1, 0.15) is 7.05 Å². The van der Waals surface area contributed by atoms with Crippen LogP contribution in [0.5, 0.6) is 5.75 Å². The van der Waals surface area contributed by atoms with Crippen LogP contribution in [0.3, 0.4) is 0 Å². The normalized spacial score (nSPS) is 11.3. The molecule has 6 heteroatoms. The number of phenolic OH excluding ortho intramolecular Hbond substituents is 1. The Balaban J connectivity index is 2.54. The summed E-state index contributed by atoms with van der Waals surface area (Å²) in [5.41, 5.74) is 0.615. The molecule has 0 radical (unpaired) electrons. The molecule has 0 fully saturated rings. The van der Waals surface area contributed by atoms with Gasteiger partial charge >= 0.3 is 0 Å². The molecule has 0 unspecified atom stereocenters. The number of hydrogen-bond acceptors (Lipinski definition) is 1. The van der Waals surface area contributed by atoms with E-state index in [0.29, 0.717) is 5.69 Å². The van der Waals surface area contributed by atoms with E-state index in [4.69, 9.17) is 5.11 Å². The Morgan fingerprint density at radius 1 is 1.00 bits per heavy atom. The SMILES string of the molecule is Cc1cc[n+](C)c(/C=C/c2c(F)c(F)c(O)c(F)c2F)c1. The lowest BCUT2D eigenvalue weighted by Gasteiger charge is -2.05. The van der Waals surface area contributed by atoms with Crippen molar-refractivity contribution >= 4 is 12.2 Å². The van der Waals surface area contributed by atoms with Gasteiger partial charge in [-0.05, 0) is 18.6 Å². The Bertz CT molecular complexity index is 712. The molecule has 0 aliphatic carbocycles. The van der Waals surface area contributed by atoms with Gasteiger partial charge in [-0.3, -0.25) is 0 Å². The number of rotatable bonds is 2. The number of pyridine rings is 1. The molecule has 1 aromatic heterocycles. The second-order valence-corrected chi connectivity index (χ2v) is 4.59. The minimum Gasteiger partial charge on any atom is -0.503 e. The first-order valence-electron chi connectivity index (χ1n) is 6.02. The van der Waals surface area contributed by atoms with E-state index in [1.165, 1.54) is 6.08 Å². The minimum absolute atomic E-state index is 0.586. The van der Waals surface area contributed by atoms with Crippen molar-refractivity contribution in [3.05, 3.63) is 58.4 Å². The van der Waals surface area contributed by atoms with Gasteiger partial charge in [0.2, 0.25) is 17.3 Å². The Morgan fingerprint density at radius 2 is 1.57 bits per heavy atom. The highest BCUT2D eigenvalue weighted by Gasteiger charge is 2.23. The number of aromatic nitrogens is 1. The average Bonchev–Trinajstić information content (AvgIpc) is 2.46. The lowest BCUT2D eigenvalue weighted by molar-refractivity contribution is -0.673. The zero-order chi connectivity index (χ0) is 15.7. The molecule has 0 saturated heterocycles. The first-order chi connectivity index (χ1) is 9.82. The third kappa shape index (κ3) is 2.74. The standard InChI is InChI=1S/C15H11F4NO/c1-8-5-6-20(2)9(7-8)3-4-10-11(16)13(18)15(21)14(19)12(10)17/h3-7H,1-2H3/p+1. The molecule has 21 heavy (non-hydrogen) atoms. The van der Waals surface area contributed by atoms with Gasteiger partial charge in [0.15, 0.2) is 23.6 Å². The summed E-state index contributed by atoms with van der Waals surface area (Å²) in [6.07, 6.45) is 3.98. The number of benzene rings is 1.